The van der Waals surface area contributed by atoms with E-state index in [4.69, 9.17) is 4.84 Å². The van der Waals surface area contributed by atoms with Gasteiger partial charge in [0.2, 0.25) is 5.91 Å². The van der Waals surface area contributed by atoms with E-state index in [1.54, 1.807) is 12.2 Å². The standard InChI is InChI=1S/C31H42N4O4/c1-6-11-26(24-16-14-23(4)15-17-24)35(39-27-13-10-9-12-25(27)22-36)30(38)34-28(31(7-2,8-3)29(34)37)33-20-18-32(5)19-21-33/h9-10,13-17,26,28H,6-8,11-12,18-21H2,1-5H3. The van der Waals surface area contributed by atoms with Gasteiger partial charge in [-0.15, -0.1) is 5.06 Å². The van der Waals surface area contributed by atoms with Gasteiger partial charge in [-0.05, 0) is 44.9 Å². The van der Waals surface area contributed by atoms with E-state index in [-0.39, 0.29) is 17.8 Å². The third-order valence-electron chi connectivity index (χ3n) is 8.55. The van der Waals surface area contributed by atoms with Crippen LogP contribution in [-0.2, 0) is 14.4 Å². The van der Waals surface area contributed by atoms with Crippen molar-refractivity contribution in [1.82, 2.24) is 19.8 Å². The maximum absolute atomic E-state index is 14.5. The van der Waals surface area contributed by atoms with Crippen molar-refractivity contribution >= 4 is 17.9 Å². The van der Waals surface area contributed by atoms with Gasteiger partial charge in [-0.3, -0.25) is 9.69 Å². The summed E-state index contributed by atoms with van der Waals surface area (Å²) in [6.45, 7) is 11.5. The summed E-state index contributed by atoms with van der Waals surface area (Å²) in [7, 11) is 2.09. The Labute approximate surface area is 232 Å². The quantitative estimate of drug-likeness (QED) is 0.252. The van der Waals surface area contributed by atoms with E-state index in [9.17, 15) is 14.4 Å². The van der Waals surface area contributed by atoms with E-state index < -0.39 is 17.5 Å². The Kier molecular flexibility index (Phi) is 9.11. The average molecular weight is 535 g/mol. The smallest absolute Gasteiger partial charge is 0.361 e. The lowest BCUT2D eigenvalue weighted by Crippen LogP contribution is -2.78. The van der Waals surface area contributed by atoms with Crippen LogP contribution in [0.4, 0.5) is 4.79 Å². The summed E-state index contributed by atoms with van der Waals surface area (Å²) in [6, 6.07) is 7.11. The normalized spacial score (nSPS) is 22.1. The van der Waals surface area contributed by atoms with Gasteiger partial charge in [-0.1, -0.05) is 69.2 Å². The van der Waals surface area contributed by atoms with Crippen molar-refractivity contribution in [3.8, 4) is 0 Å². The lowest BCUT2D eigenvalue weighted by atomic mass is 9.69. The number of urea groups is 1. The fourth-order valence-electron chi connectivity index (χ4n) is 5.98. The molecule has 0 aromatic heterocycles. The minimum atomic E-state index is -0.609. The molecule has 2 heterocycles. The van der Waals surface area contributed by atoms with Crippen molar-refractivity contribution in [2.24, 2.45) is 5.41 Å². The summed E-state index contributed by atoms with van der Waals surface area (Å²) in [5.74, 6) is 2.10. The van der Waals surface area contributed by atoms with E-state index >= 15 is 0 Å². The Morgan fingerprint density at radius 3 is 2.38 bits per heavy atom. The summed E-state index contributed by atoms with van der Waals surface area (Å²) in [5, 5.41) is 1.34. The molecule has 2 unspecified atom stereocenters. The number of hydrogen-bond donors (Lipinski definition) is 0. The second-order valence-electron chi connectivity index (χ2n) is 10.9. The highest BCUT2D eigenvalue weighted by Gasteiger charge is 2.64. The monoisotopic (exact) mass is 534 g/mol. The number of benzene rings is 1. The molecule has 1 aromatic rings. The van der Waals surface area contributed by atoms with Gasteiger partial charge in [-0.25, -0.2) is 14.5 Å². The molecule has 3 aliphatic rings. The molecule has 1 aliphatic carbocycles. The van der Waals surface area contributed by atoms with Crippen LogP contribution in [0.3, 0.4) is 0 Å². The molecule has 2 fully saturated rings. The van der Waals surface area contributed by atoms with Gasteiger partial charge in [0, 0.05) is 32.6 Å². The molecular weight excluding hydrogens is 492 g/mol. The number of carbonyl (C=O) groups is 2. The highest BCUT2D eigenvalue weighted by molar-refractivity contribution is 6.03. The number of imide groups is 1. The van der Waals surface area contributed by atoms with E-state index in [1.165, 1.54) is 9.96 Å². The van der Waals surface area contributed by atoms with Crippen LogP contribution in [-0.4, -0.2) is 77.0 Å². The Balaban J connectivity index is 1.76. The minimum Gasteiger partial charge on any atom is -0.374 e. The van der Waals surface area contributed by atoms with Crippen LogP contribution >= 0.6 is 0 Å². The van der Waals surface area contributed by atoms with Gasteiger partial charge in [-0.2, -0.15) is 0 Å². The highest BCUT2D eigenvalue weighted by Crippen LogP contribution is 2.48. The second kappa shape index (κ2) is 12.3. The van der Waals surface area contributed by atoms with E-state index in [2.05, 4.69) is 23.8 Å². The average Bonchev–Trinajstić information content (AvgIpc) is 2.95. The molecule has 8 nitrogen and oxygen atoms in total. The molecule has 0 N–H and O–H groups in total. The Hall–Kier alpha value is -3.19. The van der Waals surface area contributed by atoms with Crippen molar-refractivity contribution in [2.75, 3.05) is 33.2 Å². The first-order valence-corrected chi connectivity index (χ1v) is 14.3. The second-order valence-corrected chi connectivity index (χ2v) is 10.9. The Morgan fingerprint density at radius 1 is 1.13 bits per heavy atom. The Bertz CT molecular complexity index is 1160. The molecule has 2 saturated heterocycles. The van der Waals surface area contributed by atoms with Gasteiger partial charge in [0.15, 0.2) is 5.76 Å². The zero-order valence-electron chi connectivity index (χ0n) is 24.0. The summed E-state index contributed by atoms with van der Waals surface area (Å²) < 4.78 is 0. The fraction of sp³-hybridized carbons (Fsp3) is 0.548. The van der Waals surface area contributed by atoms with E-state index in [0.29, 0.717) is 31.3 Å². The SMILES string of the molecule is CCCC(c1ccc(C)cc1)N(OC1=CC=CCC1=C=O)C(=O)N1C(=O)C(CC)(CC)C1N1CCN(C)CC1. The van der Waals surface area contributed by atoms with Gasteiger partial charge < -0.3 is 9.74 Å². The summed E-state index contributed by atoms with van der Waals surface area (Å²) >= 11 is 0. The fourth-order valence-corrected chi connectivity index (χ4v) is 5.98. The first-order valence-electron chi connectivity index (χ1n) is 14.3. The van der Waals surface area contributed by atoms with Crippen LogP contribution in [0.5, 0.6) is 0 Å². The Morgan fingerprint density at radius 2 is 1.79 bits per heavy atom. The lowest BCUT2D eigenvalue weighted by molar-refractivity contribution is -0.198. The predicted octanol–water partition coefficient (Wildman–Crippen LogP) is 5.01. The van der Waals surface area contributed by atoms with Crippen LogP contribution < -0.4 is 0 Å². The third-order valence-corrected chi connectivity index (χ3v) is 8.55. The summed E-state index contributed by atoms with van der Waals surface area (Å²) in [4.78, 5) is 52.4. The van der Waals surface area contributed by atoms with Gasteiger partial charge in [0.25, 0.3) is 0 Å². The lowest BCUT2D eigenvalue weighted by Gasteiger charge is -2.59. The van der Waals surface area contributed by atoms with Crippen LogP contribution in [0.25, 0.3) is 0 Å². The van der Waals surface area contributed by atoms with Gasteiger partial charge in [0.1, 0.15) is 12.1 Å². The van der Waals surface area contributed by atoms with Gasteiger partial charge >= 0.3 is 6.03 Å². The molecule has 0 spiro atoms. The minimum absolute atomic E-state index is 0.155. The molecule has 39 heavy (non-hydrogen) atoms. The summed E-state index contributed by atoms with van der Waals surface area (Å²) in [6.07, 6.45) is 8.12. The van der Waals surface area contributed by atoms with Gasteiger partial charge in [0.05, 0.1) is 17.0 Å². The van der Waals surface area contributed by atoms with Crippen molar-refractivity contribution in [3.05, 3.63) is 65.0 Å². The zero-order chi connectivity index (χ0) is 28.2. The largest absolute Gasteiger partial charge is 0.374 e. The number of hydrogen-bond acceptors (Lipinski definition) is 6. The number of allylic oxidation sites excluding steroid dienone is 4. The topological polar surface area (TPSA) is 73.4 Å². The van der Waals surface area contributed by atoms with E-state index in [0.717, 1.165) is 43.7 Å². The molecular formula is C31H42N4O4. The number of β-lactam (4-membered cyclic amide) rings is 1. The molecule has 0 saturated carbocycles. The molecule has 0 radical (unpaired) electrons. The molecule has 8 heteroatoms. The predicted molar refractivity (Wildman–Crippen MR) is 151 cm³/mol. The third kappa shape index (κ3) is 5.46. The zero-order valence-corrected chi connectivity index (χ0v) is 24.0. The molecule has 0 bridgehead atoms. The highest BCUT2D eigenvalue weighted by atomic mass is 16.7. The maximum Gasteiger partial charge on any atom is 0.361 e. The molecule has 4 rings (SSSR count). The molecule has 1 aromatic carbocycles. The van der Waals surface area contributed by atoms with Crippen molar-refractivity contribution in [1.29, 1.82) is 0 Å². The first kappa shape index (κ1) is 28.8. The van der Waals surface area contributed by atoms with Crippen molar-refractivity contribution < 1.29 is 19.2 Å². The molecule has 3 amide bonds. The number of amides is 3. The van der Waals surface area contributed by atoms with Crippen LogP contribution in [0.15, 0.2) is 53.8 Å². The summed E-state index contributed by atoms with van der Waals surface area (Å²) in [5.41, 5.74) is 1.77. The maximum atomic E-state index is 14.5. The number of carbonyl (C=O) groups excluding carboxylic acids is 3. The number of rotatable bonds is 9. The number of aryl methyl sites for hydroxylation is 1. The van der Waals surface area contributed by atoms with Crippen molar-refractivity contribution in [2.45, 2.75) is 72.0 Å². The first-order chi connectivity index (χ1) is 18.8. The molecule has 2 atom stereocenters. The number of hydroxylamine groups is 2. The van der Waals surface area contributed by atoms with Crippen molar-refractivity contribution in [3.63, 3.8) is 0 Å². The number of piperazine rings is 1. The number of likely N-dealkylation sites (tertiary alicyclic amines) is 1. The number of nitrogens with zero attached hydrogens (tertiary/aromatic N) is 4. The van der Waals surface area contributed by atoms with Crippen LogP contribution in [0.2, 0.25) is 0 Å². The molecule has 2 aliphatic heterocycles. The van der Waals surface area contributed by atoms with E-state index in [1.807, 2.05) is 57.1 Å². The molecule has 210 valence electrons. The van der Waals surface area contributed by atoms with Crippen LogP contribution in [0.1, 0.15) is 70.0 Å². The van der Waals surface area contributed by atoms with Crippen LogP contribution in [0, 0.1) is 12.3 Å². The number of likely N-dealkylation sites (N-methyl/N-ethyl adjacent to an activating group) is 1.